The third-order valence-electron chi connectivity index (χ3n) is 3.22. The van der Waals surface area contributed by atoms with Crippen LogP contribution in [0.15, 0.2) is 53.6 Å². The molecule has 0 saturated heterocycles. The lowest BCUT2D eigenvalue weighted by Crippen LogP contribution is -2.33. The van der Waals surface area contributed by atoms with E-state index in [4.69, 9.17) is 4.74 Å². The summed E-state index contributed by atoms with van der Waals surface area (Å²) in [5, 5.41) is 24.9. The van der Waals surface area contributed by atoms with Crippen molar-refractivity contribution in [3.05, 3.63) is 74.3 Å². The van der Waals surface area contributed by atoms with Gasteiger partial charge in [0.2, 0.25) is 0 Å². The zero-order chi connectivity index (χ0) is 19.1. The molecule has 0 aliphatic heterocycles. The predicted octanol–water partition coefficient (Wildman–Crippen LogP) is 2.42. The number of hydrogen-bond donors (Lipinski definition) is 1. The summed E-state index contributed by atoms with van der Waals surface area (Å²) in [6, 6.07) is 11.0. The van der Waals surface area contributed by atoms with Crippen molar-refractivity contribution in [3.63, 3.8) is 0 Å². The highest BCUT2D eigenvalue weighted by Gasteiger charge is 2.14. The van der Waals surface area contributed by atoms with Crippen LogP contribution < -0.4 is 10.2 Å². The quantitative estimate of drug-likeness (QED) is 0.458. The third kappa shape index (κ3) is 5.09. The number of nitro benzene ring substituents is 2. The van der Waals surface area contributed by atoms with Gasteiger partial charge in [-0.25, -0.2) is 5.43 Å². The highest BCUT2D eigenvalue weighted by Crippen LogP contribution is 2.18. The summed E-state index contributed by atoms with van der Waals surface area (Å²) in [6.07, 6.45) is 0.450. The average molecular weight is 358 g/mol. The molecule has 10 nitrogen and oxygen atoms in total. The van der Waals surface area contributed by atoms with Gasteiger partial charge in [0.05, 0.1) is 16.1 Å². The Hall–Kier alpha value is -3.82. The molecular weight excluding hydrogens is 344 g/mol. The second-order valence-corrected chi connectivity index (χ2v) is 5.09. The molecule has 2 aromatic rings. The molecule has 10 heteroatoms. The molecule has 0 fully saturated rings. The number of nitrogens with one attached hydrogen (secondary N) is 1. The number of hydrogen-bond acceptors (Lipinski definition) is 7. The van der Waals surface area contributed by atoms with Crippen molar-refractivity contribution in [1.29, 1.82) is 0 Å². The van der Waals surface area contributed by atoms with E-state index in [0.29, 0.717) is 11.3 Å². The average Bonchev–Trinajstić information content (AvgIpc) is 2.62. The monoisotopic (exact) mass is 358 g/mol. The van der Waals surface area contributed by atoms with Crippen LogP contribution in [0.5, 0.6) is 5.75 Å². The van der Waals surface area contributed by atoms with Gasteiger partial charge in [0.1, 0.15) is 5.75 Å². The van der Waals surface area contributed by atoms with Crippen molar-refractivity contribution in [2.75, 3.05) is 0 Å². The Balaban J connectivity index is 1.88. The molecule has 134 valence electrons. The van der Waals surface area contributed by atoms with E-state index in [9.17, 15) is 25.0 Å². The van der Waals surface area contributed by atoms with Gasteiger partial charge in [-0.2, -0.15) is 5.10 Å². The van der Waals surface area contributed by atoms with E-state index in [0.717, 1.165) is 0 Å². The van der Waals surface area contributed by atoms with E-state index < -0.39 is 21.9 Å². The van der Waals surface area contributed by atoms with Gasteiger partial charge in [-0.3, -0.25) is 25.0 Å². The first-order chi connectivity index (χ1) is 12.4. The highest BCUT2D eigenvalue weighted by atomic mass is 16.6. The number of non-ortho nitro benzene ring substituents is 2. The molecule has 0 aliphatic rings. The number of carbonyl (C=O) groups excluding carboxylic acids is 1. The van der Waals surface area contributed by atoms with Gasteiger partial charge in [-0.15, -0.1) is 0 Å². The van der Waals surface area contributed by atoms with E-state index in [1.54, 1.807) is 0 Å². The molecule has 1 unspecified atom stereocenters. The maximum atomic E-state index is 11.9. The Kier molecular flexibility index (Phi) is 5.93. The second kappa shape index (κ2) is 8.33. The first kappa shape index (κ1) is 18.5. The van der Waals surface area contributed by atoms with Crippen molar-refractivity contribution >= 4 is 23.5 Å². The van der Waals surface area contributed by atoms with Gasteiger partial charge in [0.25, 0.3) is 17.3 Å². The van der Waals surface area contributed by atoms with Crippen molar-refractivity contribution in [2.24, 2.45) is 5.10 Å². The van der Waals surface area contributed by atoms with Crippen LogP contribution >= 0.6 is 0 Å². The van der Waals surface area contributed by atoms with Crippen LogP contribution in [-0.4, -0.2) is 28.1 Å². The number of benzene rings is 2. The van der Waals surface area contributed by atoms with Crippen molar-refractivity contribution < 1.29 is 19.4 Å². The van der Waals surface area contributed by atoms with Crippen LogP contribution in [0.3, 0.4) is 0 Å². The van der Waals surface area contributed by atoms with Gasteiger partial charge in [0.15, 0.2) is 6.10 Å². The standard InChI is InChI=1S/C16H14N4O6/c1-11(26-15-8-6-14(7-9-15)20(24)25)16(21)18-17-10-12-2-4-13(5-3-12)19(22)23/h2-11H,1H3,(H,18,21). The first-order valence-electron chi connectivity index (χ1n) is 7.35. The number of amides is 1. The lowest BCUT2D eigenvalue weighted by molar-refractivity contribution is -0.385. The summed E-state index contributed by atoms with van der Waals surface area (Å²) in [5.74, 6) is -0.223. The van der Waals surface area contributed by atoms with E-state index in [2.05, 4.69) is 10.5 Å². The first-order valence-corrected chi connectivity index (χ1v) is 7.35. The molecule has 1 N–H and O–H groups in total. The molecule has 2 aromatic carbocycles. The van der Waals surface area contributed by atoms with Crippen molar-refractivity contribution in [2.45, 2.75) is 13.0 Å². The Morgan fingerprint density at radius 1 is 1.04 bits per heavy atom. The van der Waals surface area contributed by atoms with E-state index in [1.165, 1.54) is 61.7 Å². The van der Waals surface area contributed by atoms with Crippen molar-refractivity contribution in [1.82, 2.24) is 5.43 Å². The zero-order valence-corrected chi connectivity index (χ0v) is 13.6. The molecule has 2 rings (SSSR count). The van der Waals surface area contributed by atoms with E-state index >= 15 is 0 Å². The molecular formula is C16H14N4O6. The lowest BCUT2D eigenvalue weighted by atomic mass is 10.2. The Morgan fingerprint density at radius 2 is 1.54 bits per heavy atom. The van der Waals surface area contributed by atoms with Gasteiger partial charge in [0, 0.05) is 24.3 Å². The van der Waals surface area contributed by atoms with Crippen LogP contribution in [0, 0.1) is 20.2 Å². The molecule has 0 saturated carbocycles. The molecule has 0 spiro atoms. The van der Waals surface area contributed by atoms with Gasteiger partial charge >= 0.3 is 0 Å². The number of carbonyl (C=O) groups is 1. The highest BCUT2D eigenvalue weighted by molar-refractivity contribution is 5.84. The SMILES string of the molecule is CC(Oc1ccc([N+](=O)[O-])cc1)C(=O)NN=Cc1ccc([N+](=O)[O-])cc1. The summed E-state index contributed by atoms with van der Waals surface area (Å²) >= 11 is 0. The molecule has 1 amide bonds. The minimum absolute atomic E-state index is 0.0451. The Morgan fingerprint density at radius 3 is 2.04 bits per heavy atom. The predicted molar refractivity (Wildman–Crippen MR) is 92.0 cm³/mol. The summed E-state index contributed by atoms with van der Waals surface area (Å²) in [7, 11) is 0. The minimum atomic E-state index is -0.884. The van der Waals surface area contributed by atoms with Gasteiger partial charge in [-0.1, -0.05) is 0 Å². The van der Waals surface area contributed by atoms with Crippen molar-refractivity contribution in [3.8, 4) is 5.75 Å². The fourth-order valence-corrected chi connectivity index (χ4v) is 1.85. The molecule has 0 heterocycles. The fraction of sp³-hybridized carbons (Fsp3) is 0.125. The maximum absolute atomic E-state index is 11.9. The van der Waals surface area contributed by atoms with Gasteiger partial charge < -0.3 is 4.74 Å². The summed E-state index contributed by atoms with van der Waals surface area (Å²) in [4.78, 5) is 32.0. The number of nitro groups is 2. The maximum Gasteiger partial charge on any atom is 0.280 e. The van der Waals surface area contributed by atoms with Gasteiger partial charge in [-0.05, 0) is 36.8 Å². The van der Waals surface area contributed by atoms with Crippen LogP contribution in [0.2, 0.25) is 0 Å². The van der Waals surface area contributed by atoms with Crippen LogP contribution in [-0.2, 0) is 4.79 Å². The molecule has 0 bridgehead atoms. The molecule has 0 radical (unpaired) electrons. The van der Waals surface area contributed by atoms with E-state index in [-0.39, 0.29) is 11.4 Å². The number of hydrazone groups is 1. The molecule has 26 heavy (non-hydrogen) atoms. The van der Waals surface area contributed by atoms with Crippen LogP contribution in [0.1, 0.15) is 12.5 Å². The Labute approximate surface area is 147 Å². The summed E-state index contributed by atoms with van der Waals surface area (Å²) in [6.45, 7) is 1.50. The number of ether oxygens (including phenoxy) is 1. The zero-order valence-electron chi connectivity index (χ0n) is 13.6. The topological polar surface area (TPSA) is 137 Å². The summed E-state index contributed by atoms with van der Waals surface area (Å²) < 4.78 is 5.37. The lowest BCUT2D eigenvalue weighted by Gasteiger charge is -2.12. The van der Waals surface area contributed by atoms with Crippen LogP contribution in [0.4, 0.5) is 11.4 Å². The second-order valence-electron chi connectivity index (χ2n) is 5.09. The largest absolute Gasteiger partial charge is 0.481 e. The fourth-order valence-electron chi connectivity index (χ4n) is 1.85. The number of rotatable bonds is 7. The normalized spacial score (nSPS) is 11.7. The molecule has 1 atom stereocenters. The van der Waals surface area contributed by atoms with Crippen LogP contribution in [0.25, 0.3) is 0 Å². The smallest absolute Gasteiger partial charge is 0.280 e. The number of nitrogens with zero attached hydrogens (tertiary/aromatic N) is 3. The molecule has 0 aromatic heterocycles. The molecule has 0 aliphatic carbocycles. The minimum Gasteiger partial charge on any atom is -0.481 e. The van der Waals surface area contributed by atoms with E-state index in [1.807, 2.05) is 0 Å². The third-order valence-corrected chi connectivity index (χ3v) is 3.22. The Bertz CT molecular complexity index is 833. The summed E-state index contributed by atoms with van der Waals surface area (Å²) in [5.41, 5.74) is 2.72.